The molecule has 1 amide bonds. The normalized spacial score (nSPS) is 18.9. The first-order valence-corrected chi connectivity index (χ1v) is 8.45. The van der Waals surface area contributed by atoms with Crippen LogP contribution in [-0.2, 0) is 23.1 Å². The Kier molecular flexibility index (Phi) is 3.07. The van der Waals surface area contributed by atoms with Crippen molar-refractivity contribution in [3.8, 4) is 0 Å². The van der Waals surface area contributed by atoms with Gasteiger partial charge in [0, 0.05) is 4.88 Å². The number of hydrogen-bond acceptors (Lipinski definition) is 3. The number of nitrogens with zero attached hydrogens (tertiary/aromatic N) is 1. The molecule has 1 saturated carbocycles. The maximum absolute atomic E-state index is 12.7. The first-order valence-electron chi connectivity index (χ1n) is 7.63. The summed E-state index contributed by atoms with van der Waals surface area (Å²) in [6.07, 6.45) is 6.52. The van der Waals surface area contributed by atoms with E-state index in [9.17, 15) is 4.79 Å². The van der Waals surface area contributed by atoms with Gasteiger partial charge in [-0.25, -0.2) is 4.98 Å². The minimum absolute atomic E-state index is 0.111. The Balaban J connectivity index is 1.55. The van der Waals surface area contributed by atoms with Gasteiger partial charge in [-0.15, -0.1) is 11.3 Å². The molecule has 1 aromatic carbocycles. The number of aromatic nitrogens is 1. The average Bonchev–Trinajstić information content (AvgIpc) is 3.23. The molecule has 1 fully saturated rings. The SMILES string of the molecule is O=C(Nc1nc2c(s1)CCCC2)C1(c2ccccc2)CC1. The molecule has 2 aliphatic rings. The van der Waals surface area contributed by atoms with Crippen molar-refractivity contribution >= 4 is 22.4 Å². The lowest BCUT2D eigenvalue weighted by Gasteiger charge is -2.14. The van der Waals surface area contributed by atoms with E-state index in [4.69, 9.17) is 0 Å². The minimum Gasteiger partial charge on any atom is -0.301 e. The Labute approximate surface area is 128 Å². The van der Waals surface area contributed by atoms with Gasteiger partial charge in [0.25, 0.3) is 0 Å². The van der Waals surface area contributed by atoms with Crippen molar-refractivity contribution in [2.45, 2.75) is 43.9 Å². The van der Waals surface area contributed by atoms with Crippen LogP contribution < -0.4 is 5.32 Å². The Morgan fingerprint density at radius 1 is 1.14 bits per heavy atom. The molecule has 3 nitrogen and oxygen atoms in total. The summed E-state index contributed by atoms with van der Waals surface area (Å²) in [5, 5.41) is 3.86. The summed E-state index contributed by atoms with van der Waals surface area (Å²) >= 11 is 1.66. The number of carbonyl (C=O) groups excluding carboxylic acids is 1. The van der Waals surface area contributed by atoms with E-state index in [0.717, 1.165) is 36.4 Å². The predicted octanol–water partition coefficient (Wildman–Crippen LogP) is 3.69. The fraction of sp³-hybridized carbons (Fsp3) is 0.412. The Morgan fingerprint density at radius 2 is 1.90 bits per heavy atom. The smallest absolute Gasteiger partial charge is 0.236 e. The number of hydrogen-bond donors (Lipinski definition) is 1. The maximum Gasteiger partial charge on any atom is 0.236 e. The van der Waals surface area contributed by atoms with E-state index >= 15 is 0 Å². The van der Waals surface area contributed by atoms with Crippen molar-refractivity contribution in [1.29, 1.82) is 0 Å². The number of nitrogens with one attached hydrogen (secondary N) is 1. The first-order chi connectivity index (χ1) is 10.3. The Hall–Kier alpha value is -1.68. The number of carbonyl (C=O) groups is 1. The highest BCUT2D eigenvalue weighted by molar-refractivity contribution is 7.15. The van der Waals surface area contributed by atoms with Crippen LogP contribution >= 0.6 is 11.3 Å². The lowest BCUT2D eigenvalue weighted by atomic mass is 9.95. The van der Waals surface area contributed by atoms with Gasteiger partial charge in [-0.2, -0.15) is 0 Å². The zero-order chi connectivity index (χ0) is 14.3. The summed E-state index contributed by atoms with van der Waals surface area (Å²) in [7, 11) is 0. The quantitative estimate of drug-likeness (QED) is 0.939. The third kappa shape index (κ3) is 2.27. The standard InChI is InChI=1S/C17H18N2OS/c20-15(17(10-11-17)12-6-2-1-3-7-12)19-16-18-13-8-4-5-9-14(13)21-16/h1-3,6-7H,4-5,8-11H2,(H,18,19,20). The lowest BCUT2D eigenvalue weighted by Crippen LogP contribution is -2.27. The number of aryl methyl sites for hydroxylation is 2. The van der Waals surface area contributed by atoms with E-state index in [1.165, 1.54) is 23.4 Å². The van der Waals surface area contributed by atoms with Gasteiger partial charge in [-0.3, -0.25) is 4.79 Å². The largest absolute Gasteiger partial charge is 0.301 e. The molecule has 0 radical (unpaired) electrons. The molecule has 108 valence electrons. The predicted molar refractivity (Wildman–Crippen MR) is 84.7 cm³/mol. The molecule has 1 heterocycles. The highest BCUT2D eigenvalue weighted by Crippen LogP contribution is 2.49. The number of thiazole rings is 1. The van der Waals surface area contributed by atoms with Crippen molar-refractivity contribution in [2.75, 3.05) is 5.32 Å². The van der Waals surface area contributed by atoms with Crippen LogP contribution in [0.2, 0.25) is 0 Å². The van der Waals surface area contributed by atoms with Gasteiger partial charge in [0.15, 0.2) is 5.13 Å². The second-order valence-corrected chi connectivity index (χ2v) is 7.08. The molecular formula is C17H18N2OS. The van der Waals surface area contributed by atoms with Crippen molar-refractivity contribution in [1.82, 2.24) is 4.98 Å². The molecule has 0 saturated heterocycles. The second kappa shape index (κ2) is 4.95. The van der Waals surface area contributed by atoms with Crippen LogP contribution in [0.25, 0.3) is 0 Å². The van der Waals surface area contributed by atoms with E-state index in [0.29, 0.717) is 0 Å². The zero-order valence-electron chi connectivity index (χ0n) is 11.9. The Morgan fingerprint density at radius 3 is 2.62 bits per heavy atom. The van der Waals surface area contributed by atoms with E-state index in [1.54, 1.807) is 11.3 Å². The number of benzene rings is 1. The summed E-state index contributed by atoms with van der Waals surface area (Å²) in [6.45, 7) is 0. The molecule has 21 heavy (non-hydrogen) atoms. The van der Waals surface area contributed by atoms with Gasteiger partial charge in [-0.05, 0) is 44.1 Å². The van der Waals surface area contributed by atoms with Gasteiger partial charge in [0.1, 0.15) is 0 Å². The summed E-state index contributed by atoms with van der Waals surface area (Å²) in [5.41, 5.74) is 2.02. The molecule has 0 aliphatic heterocycles. The summed E-state index contributed by atoms with van der Waals surface area (Å²) in [5.74, 6) is 0.111. The molecule has 0 spiro atoms. The number of rotatable bonds is 3. The summed E-state index contributed by atoms with van der Waals surface area (Å²) in [6, 6.07) is 10.1. The minimum atomic E-state index is -0.312. The maximum atomic E-state index is 12.7. The van der Waals surface area contributed by atoms with Gasteiger partial charge >= 0.3 is 0 Å². The molecule has 4 rings (SSSR count). The zero-order valence-corrected chi connectivity index (χ0v) is 12.7. The van der Waals surface area contributed by atoms with Crippen molar-refractivity contribution in [3.63, 3.8) is 0 Å². The summed E-state index contributed by atoms with van der Waals surface area (Å²) < 4.78 is 0. The van der Waals surface area contributed by atoms with Crippen molar-refractivity contribution in [2.24, 2.45) is 0 Å². The fourth-order valence-corrected chi connectivity index (χ4v) is 4.20. The lowest BCUT2D eigenvalue weighted by molar-refractivity contribution is -0.118. The van der Waals surface area contributed by atoms with Crippen LogP contribution in [0, 0.1) is 0 Å². The van der Waals surface area contributed by atoms with Crippen LogP contribution in [0.1, 0.15) is 41.8 Å². The molecular weight excluding hydrogens is 280 g/mol. The monoisotopic (exact) mass is 298 g/mol. The third-order valence-corrected chi connectivity index (χ3v) is 5.65. The molecule has 4 heteroatoms. The van der Waals surface area contributed by atoms with Gasteiger partial charge in [-0.1, -0.05) is 30.3 Å². The molecule has 0 bridgehead atoms. The topological polar surface area (TPSA) is 42.0 Å². The van der Waals surface area contributed by atoms with E-state index < -0.39 is 0 Å². The molecule has 1 aromatic heterocycles. The Bertz CT molecular complexity index is 650. The number of amides is 1. The van der Waals surface area contributed by atoms with Gasteiger partial charge in [0.2, 0.25) is 5.91 Å². The first kappa shape index (κ1) is 13.0. The van der Waals surface area contributed by atoms with E-state index in [1.807, 2.05) is 18.2 Å². The second-order valence-electron chi connectivity index (χ2n) is 6.00. The number of fused-ring (bicyclic) bond motifs is 1. The van der Waals surface area contributed by atoms with Crippen molar-refractivity contribution < 1.29 is 4.79 Å². The van der Waals surface area contributed by atoms with Crippen LogP contribution in [0.4, 0.5) is 5.13 Å². The third-order valence-electron chi connectivity index (χ3n) is 4.58. The van der Waals surface area contributed by atoms with Crippen LogP contribution in [0.3, 0.4) is 0 Å². The van der Waals surface area contributed by atoms with Crippen LogP contribution in [0.5, 0.6) is 0 Å². The van der Waals surface area contributed by atoms with Gasteiger partial charge in [0.05, 0.1) is 11.1 Å². The molecule has 1 N–H and O–H groups in total. The van der Waals surface area contributed by atoms with Crippen LogP contribution in [0.15, 0.2) is 30.3 Å². The molecule has 0 atom stereocenters. The van der Waals surface area contributed by atoms with E-state index in [-0.39, 0.29) is 11.3 Å². The molecule has 2 aliphatic carbocycles. The van der Waals surface area contributed by atoms with Crippen LogP contribution in [-0.4, -0.2) is 10.9 Å². The highest BCUT2D eigenvalue weighted by Gasteiger charge is 2.51. The fourth-order valence-electron chi connectivity index (χ4n) is 3.15. The summed E-state index contributed by atoms with van der Waals surface area (Å²) in [4.78, 5) is 18.6. The van der Waals surface area contributed by atoms with E-state index in [2.05, 4.69) is 22.4 Å². The van der Waals surface area contributed by atoms with Gasteiger partial charge < -0.3 is 5.32 Å². The average molecular weight is 298 g/mol. The van der Waals surface area contributed by atoms with Crippen molar-refractivity contribution in [3.05, 3.63) is 46.5 Å². The highest BCUT2D eigenvalue weighted by atomic mass is 32.1. The molecule has 0 unspecified atom stereocenters. The molecule has 2 aromatic rings. The number of anilines is 1.